The van der Waals surface area contributed by atoms with Crippen molar-refractivity contribution < 1.29 is 23.8 Å². The van der Waals surface area contributed by atoms with E-state index in [9.17, 15) is 9.59 Å². The van der Waals surface area contributed by atoms with Crippen molar-refractivity contribution in [1.29, 1.82) is 0 Å². The fourth-order valence-electron chi connectivity index (χ4n) is 4.19. The van der Waals surface area contributed by atoms with Crippen LogP contribution < -0.4 is 9.47 Å². The van der Waals surface area contributed by atoms with Gasteiger partial charge >= 0.3 is 0 Å². The van der Waals surface area contributed by atoms with E-state index in [1.54, 1.807) is 31.3 Å². The fourth-order valence-corrected chi connectivity index (χ4v) is 4.19. The predicted octanol–water partition coefficient (Wildman–Crippen LogP) is 2.30. The number of hydrogen-bond donors (Lipinski definition) is 0. The van der Waals surface area contributed by atoms with Crippen molar-refractivity contribution in [2.75, 3.05) is 34.4 Å². The predicted molar refractivity (Wildman–Crippen MR) is 118 cm³/mol. The number of rotatable bonds is 7. The Labute approximate surface area is 187 Å². The molecule has 0 spiro atoms. The number of hydrogen-bond acceptors (Lipinski definition) is 6. The van der Waals surface area contributed by atoms with Gasteiger partial charge in [-0.2, -0.15) is 0 Å². The smallest absolute Gasteiger partial charge is 0.255 e. The largest absolute Gasteiger partial charge is 0.497 e. The molecule has 1 aromatic carbocycles. The molecule has 1 aromatic heterocycles. The van der Waals surface area contributed by atoms with Crippen LogP contribution in [0.15, 0.2) is 54.2 Å². The molecule has 3 heterocycles. The Balaban J connectivity index is 1.44. The SMILES string of the molecule is COc1ccc(CN2C(=O)[C@H](OC)[C@@H]2C2=CCN(C(=O)c3ccc(OC)nc3)CC2)cc1. The highest BCUT2D eigenvalue weighted by Gasteiger charge is 2.49. The Morgan fingerprint density at radius 3 is 2.44 bits per heavy atom. The van der Waals surface area contributed by atoms with Crippen molar-refractivity contribution in [3.05, 3.63) is 65.4 Å². The summed E-state index contributed by atoms with van der Waals surface area (Å²) in [4.78, 5) is 33.2. The molecular weight excluding hydrogens is 410 g/mol. The van der Waals surface area contributed by atoms with Gasteiger partial charge in [-0.25, -0.2) is 4.98 Å². The van der Waals surface area contributed by atoms with Crippen LogP contribution in [-0.4, -0.2) is 73.2 Å². The zero-order chi connectivity index (χ0) is 22.7. The first-order valence-corrected chi connectivity index (χ1v) is 10.5. The first-order valence-electron chi connectivity index (χ1n) is 10.5. The molecule has 168 valence electrons. The van der Waals surface area contributed by atoms with Gasteiger partial charge in [-0.1, -0.05) is 18.2 Å². The summed E-state index contributed by atoms with van der Waals surface area (Å²) in [5.41, 5.74) is 2.68. The standard InChI is InChI=1S/C24H27N3O5/c1-30-19-7-4-16(5-8-19)15-27-21(22(32-3)24(27)29)17-10-12-26(13-11-17)23(28)18-6-9-20(31-2)25-14-18/h4-10,14,21-22H,11-13,15H2,1-3H3/t21-,22+/m0/s1. The summed E-state index contributed by atoms with van der Waals surface area (Å²) in [6.45, 7) is 1.57. The number of nitrogens with zero attached hydrogens (tertiary/aromatic N) is 3. The molecule has 8 heteroatoms. The number of ether oxygens (including phenoxy) is 3. The second-order valence-electron chi connectivity index (χ2n) is 7.78. The van der Waals surface area contributed by atoms with E-state index in [1.165, 1.54) is 13.3 Å². The molecule has 0 saturated carbocycles. The molecule has 0 radical (unpaired) electrons. The highest BCUT2D eigenvalue weighted by molar-refractivity contribution is 5.94. The van der Waals surface area contributed by atoms with Gasteiger partial charge in [0.2, 0.25) is 5.88 Å². The summed E-state index contributed by atoms with van der Waals surface area (Å²) in [6, 6.07) is 11.0. The van der Waals surface area contributed by atoms with Crippen LogP contribution in [0.25, 0.3) is 0 Å². The van der Waals surface area contributed by atoms with Crippen molar-refractivity contribution in [2.24, 2.45) is 0 Å². The molecule has 2 aliphatic heterocycles. The van der Waals surface area contributed by atoms with Crippen LogP contribution >= 0.6 is 0 Å². The molecule has 32 heavy (non-hydrogen) atoms. The van der Waals surface area contributed by atoms with E-state index in [0.717, 1.165) is 16.9 Å². The lowest BCUT2D eigenvalue weighted by atomic mass is 9.86. The average molecular weight is 437 g/mol. The van der Waals surface area contributed by atoms with E-state index in [1.807, 2.05) is 35.2 Å². The minimum atomic E-state index is -0.479. The zero-order valence-corrected chi connectivity index (χ0v) is 18.5. The van der Waals surface area contributed by atoms with Gasteiger partial charge in [0.1, 0.15) is 5.75 Å². The van der Waals surface area contributed by atoms with Crippen LogP contribution in [0.4, 0.5) is 0 Å². The Kier molecular flexibility index (Phi) is 6.41. The number of aromatic nitrogens is 1. The maximum absolute atomic E-state index is 12.8. The van der Waals surface area contributed by atoms with Gasteiger partial charge in [0.25, 0.3) is 11.8 Å². The lowest BCUT2D eigenvalue weighted by Gasteiger charge is -2.48. The number of amides is 2. The molecular formula is C24H27N3O5. The summed E-state index contributed by atoms with van der Waals surface area (Å²) in [5, 5.41) is 0. The molecule has 1 saturated heterocycles. The van der Waals surface area contributed by atoms with Crippen molar-refractivity contribution in [3.8, 4) is 11.6 Å². The molecule has 8 nitrogen and oxygen atoms in total. The second-order valence-corrected chi connectivity index (χ2v) is 7.78. The molecule has 0 bridgehead atoms. The van der Waals surface area contributed by atoms with Crippen LogP contribution in [0, 0.1) is 0 Å². The summed E-state index contributed by atoms with van der Waals surface area (Å²) < 4.78 is 15.7. The first kappa shape index (κ1) is 21.8. The maximum Gasteiger partial charge on any atom is 0.255 e. The molecule has 2 aliphatic rings. The lowest BCUT2D eigenvalue weighted by Crippen LogP contribution is -2.66. The van der Waals surface area contributed by atoms with Crippen molar-refractivity contribution >= 4 is 11.8 Å². The van der Waals surface area contributed by atoms with E-state index in [2.05, 4.69) is 4.98 Å². The summed E-state index contributed by atoms with van der Waals surface area (Å²) in [6.07, 6.45) is 3.78. The number of benzene rings is 1. The summed E-state index contributed by atoms with van der Waals surface area (Å²) >= 11 is 0. The van der Waals surface area contributed by atoms with Crippen molar-refractivity contribution in [1.82, 2.24) is 14.8 Å². The van der Waals surface area contributed by atoms with Crippen molar-refractivity contribution in [3.63, 3.8) is 0 Å². The number of likely N-dealkylation sites (tertiary alicyclic amines) is 1. The third kappa shape index (κ3) is 4.18. The molecule has 2 amide bonds. The molecule has 1 fully saturated rings. The summed E-state index contributed by atoms with van der Waals surface area (Å²) in [5.74, 6) is 1.16. The Bertz CT molecular complexity index is 1000. The highest BCUT2D eigenvalue weighted by atomic mass is 16.5. The van der Waals surface area contributed by atoms with Crippen molar-refractivity contribution in [2.45, 2.75) is 25.1 Å². The van der Waals surface area contributed by atoms with Crippen LogP contribution in [0.5, 0.6) is 11.6 Å². The Hall–Kier alpha value is -3.39. The Morgan fingerprint density at radius 2 is 1.88 bits per heavy atom. The number of β-lactam (4-membered cyclic amide) rings is 1. The van der Waals surface area contributed by atoms with Gasteiger partial charge in [0.05, 0.1) is 25.8 Å². The van der Waals surface area contributed by atoms with Gasteiger partial charge in [-0.3, -0.25) is 9.59 Å². The van der Waals surface area contributed by atoms with E-state index in [0.29, 0.717) is 37.5 Å². The normalized spacial score (nSPS) is 20.5. The molecule has 2 aromatic rings. The minimum Gasteiger partial charge on any atom is -0.497 e. The topological polar surface area (TPSA) is 81.2 Å². The number of methoxy groups -OCH3 is 3. The average Bonchev–Trinajstić information content (AvgIpc) is 2.85. The van der Waals surface area contributed by atoms with Gasteiger partial charge < -0.3 is 24.0 Å². The third-order valence-corrected chi connectivity index (χ3v) is 6.02. The molecule has 0 aliphatic carbocycles. The van der Waals surface area contributed by atoms with E-state index in [-0.39, 0.29) is 17.9 Å². The number of carbonyl (C=O) groups excluding carboxylic acids is 2. The zero-order valence-electron chi connectivity index (χ0n) is 18.5. The first-order chi connectivity index (χ1) is 15.5. The molecule has 4 rings (SSSR count). The lowest BCUT2D eigenvalue weighted by molar-refractivity contribution is -0.168. The van der Waals surface area contributed by atoms with Gasteiger partial charge in [0.15, 0.2) is 6.10 Å². The number of carbonyl (C=O) groups is 2. The summed E-state index contributed by atoms with van der Waals surface area (Å²) in [7, 11) is 4.73. The van der Waals surface area contributed by atoms with Crippen LogP contribution in [-0.2, 0) is 16.1 Å². The van der Waals surface area contributed by atoms with E-state index in [4.69, 9.17) is 14.2 Å². The second kappa shape index (κ2) is 9.40. The van der Waals surface area contributed by atoms with Gasteiger partial charge in [-0.15, -0.1) is 0 Å². The van der Waals surface area contributed by atoms with Gasteiger partial charge in [0, 0.05) is 39.0 Å². The third-order valence-electron chi connectivity index (χ3n) is 6.02. The molecule has 0 N–H and O–H groups in total. The quantitative estimate of drug-likeness (QED) is 0.488. The minimum absolute atomic E-state index is 0.0166. The van der Waals surface area contributed by atoms with Crippen LogP contribution in [0.2, 0.25) is 0 Å². The van der Waals surface area contributed by atoms with E-state index < -0.39 is 6.10 Å². The van der Waals surface area contributed by atoms with E-state index >= 15 is 0 Å². The molecule has 2 atom stereocenters. The van der Waals surface area contributed by atoms with Crippen LogP contribution in [0.1, 0.15) is 22.3 Å². The fraction of sp³-hybridized carbons (Fsp3) is 0.375. The van der Waals surface area contributed by atoms with Gasteiger partial charge in [-0.05, 0) is 35.8 Å². The monoisotopic (exact) mass is 437 g/mol. The number of pyridine rings is 1. The Morgan fingerprint density at radius 1 is 1.09 bits per heavy atom. The highest BCUT2D eigenvalue weighted by Crippen LogP contribution is 2.33. The van der Waals surface area contributed by atoms with Crippen LogP contribution in [0.3, 0.4) is 0 Å². The molecule has 0 unspecified atom stereocenters. The maximum atomic E-state index is 12.8.